The number of rotatable bonds is 1. The Balaban J connectivity index is 2.29. The number of fused-ring (bicyclic) bond motifs is 1. The molecule has 3 aromatic rings. The molecule has 0 aliphatic carbocycles. The third-order valence-corrected chi connectivity index (χ3v) is 2.32. The van der Waals surface area contributed by atoms with Gasteiger partial charge >= 0.3 is 0 Å². The topological polar surface area (TPSA) is 93.4 Å². The fourth-order valence-corrected chi connectivity index (χ4v) is 1.59. The molecule has 0 saturated carbocycles. The largest absolute Gasteiger partial charge is 0.398 e. The number of benzene rings is 1. The Labute approximate surface area is 90.5 Å². The van der Waals surface area contributed by atoms with Crippen LogP contribution < -0.4 is 5.73 Å². The number of nitrogens with zero attached hydrogens (tertiary/aromatic N) is 4. The molecule has 6 nitrogen and oxygen atoms in total. The summed E-state index contributed by atoms with van der Waals surface area (Å²) in [5, 5.41) is 14.5. The molecule has 6 heteroatoms. The molecule has 0 amide bonds. The van der Waals surface area contributed by atoms with E-state index in [0.29, 0.717) is 17.2 Å². The number of nitrogen functional groups attached to an aromatic ring is 1. The zero-order valence-electron chi connectivity index (χ0n) is 8.25. The van der Waals surface area contributed by atoms with Gasteiger partial charge in [0.25, 0.3) is 0 Å². The smallest absolute Gasteiger partial charge is 0.223 e. The minimum atomic E-state index is 0.442. The Hall–Kier alpha value is -2.50. The average molecular weight is 212 g/mol. The number of hydrogen-bond donors (Lipinski definition) is 2. The van der Waals surface area contributed by atoms with E-state index in [1.165, 1.54) is 0 Å². The molecular weight excluding hydrogens is 204 g/mol. The summed E-state index contributed by atoms with van der Waals surface area (Å²) < 4.78 is 0. The van der Waals surface area contributed by atoms with Gasteiger partial charge in [-0.2, -0.15) is 5.21 Å². The number of pyridine rings is 1. The van der Waals surface area contributed by atoms with E-state index in [1.807, 2.05) is 24.3 Å². The van der Waals surface area contributed by atoms with E-state index in [0.717, 1.165) is 10.9 Å². The third kappa shape index (κ3) is 1.28. The van der Waals surface area contributed by atoms with Gasteiger partial charge in [0.05, 0.1) is 5.52 Å². The first-order chi connectivity index (χ1) is 7.84. The molecule has 2 heterocycles. The summed E-state index contributed by atoms with van der Waals surface area (Å²) in [5.41, 5.74) is 8.03. The van der Waals surface area contributed by atoms with E-state index < -0.39 is 0 Å². The summed E-state index contributed by atoms with van der Waals surface area (Å²) in [6.07, 6.45) is 0. The molecule has 0 fully saturated rings. The summed E-state index contributed by atoms with van der Waals surface area (Å²) in [4.78, 5) is 4.41. The van der Waals surface area contributed by atoms with Crippen LogP contribution in [0.25, 0.3) is 22.4 Å². The Bertz CT molecular complexity index is 631. The number of para-hydroxylation sites is 1. The van der Waals surface area contributed by atoms with Crippen LogP contribution >= 0.6 is 0 Å². The van der Waals surface area contributed by atoms with Crippen LogP contribution in [-0.4, -0.2) is 25.6 Å². The van der Waals surface area contributed by atoms with Gasteiger partial charge in [0, 0.05) is 11.1 Å². The molecule has 0 saturated heterocycles. The molecule has 0 radical (unpaired) electrons. The fourth-order valence-electron chi connectivity index (χ4n) is 1.59. The first-order valence-electron chi connectivity index (χ1n) is 4.74. The van der Waals surface area contributed by atoms with Crippen LogP contribution in [0, 0.1) is 0 Å². The highest BCUT2D eigenvalue weighted by Gasteiger charge is 2.08. The van der Waals surface area contributed by atoms with Gasteiger partial charge in [-0.15, -0.1) is 10.2 Å². The van der Waals surface area contributed by atoms with Crippen LogP contribution in [0.5, 0.6) is 0 Å². The highest BCUT2D eigenvalue weighted by Crippen LogP contribution is 2.23. The van der Waals surface area contributed by atoms with E-state index >= 15 is 0 Å². The lowest BCUT2D eigenvalue weighted by atomic mass is 10.1. The van der Waals surface area contributed by atoms with E-state index in [1.54, 1.807) is 6.07 Å². The molecule has 0 bridgehead atoms. The van der Waals surface area contributed by atoms with Crippen molar-refractivity contribution < 1.29 is 0 Å². The van der Waals surface area contributed by atoms with Crippen LogP contribution in [0.2, 0.25) is 0 Å². The number of tetrazole rings is 1. The van der Waals surface area contributed by atoms with Crippen molar-refractivity contribution in [2.75, 3.05) is 5.73 Å². The van der Waals surface area contributed by atoms with E-state index in [4.69, 9.17) is 5.73 Å². The van der Waals surface area contributed by atoms with Gasteiger partial charge in [0.2, 0.25) is 5.82 Å². The predicted octanol–water partition coefficient (Wildman–Crippen LogP) is 0.997. The molecule has 0 aliphatic heterocycles. The van der Waals surface area contributed by atoms with Crippen molar-refractivity contribution in [1.82, 2.24) is 25.6 Å². The second kappa shape index (κ2) is 3.27. The molecule has 0 atom stereocenters. The molecule has 3 N–H and O–H groups in total. The minimum absolute atomic E-state index is 0.442. The maximum Gasteiger partial charge on any atom is 0.223 e. The van der Waals surface area contributed by atoms with E-state index in [9.17, 15) is 0 Å². The van der Waals surface area contributed by atoms with Crippen molar-refractivity contribution in [2.45, 2.75) is 0 Å². The Morgan fingerprint density at radius 3 is 2.88 bits per heavy atom. The second-order valence-electron chi connectivity index (χ2n) is 3.35. The van der Waals surface area contributed by atoms with Gasteiger partial charge in [0.15, 0.2) is 0 Å². The van der Waals surface area contributed by atoms with Crippen molar-refractivity contribution in [3.63, 3.8) is 0 Å². The normalized spacial score (nSPS) is 10.8. The summed E-state index contributed by atoms with van der Waals surface area (Å²) in [6.45, 7) is 0. The number of anilines is 1. The lowest BCUT2D eigenvalue weighted by Crippen LogP contribution is -1.93. The maximum absolute atomic E-state index is 5.94. The van der Waals surface area contributed by atoms with Crippen molar-refractivity contribution in [3.8, 4) is 11.5 Å². The SMILES string of the molecule is Nc1cc(-c2nn[nH]n2)nc2ccccc12. The highest BCUT2D eigenvalue weighted by atomic mass is 15.5. The van der Waals surface area contributed by atoms with Crippen molar-refractivity contribution in [2.24, 2.45) is 0 Å². The van der Waals surface area contributed by atoms with E-state index in [-0.39, 0.29) is 0 Å². The number of hydrogen-bond acceptors (Lipinski definition) is 5. The molecule has 78 valence electrons. The monoisotopic (exact) mass is 212 g/mol. The number of nitrogens with one attached hydrogen (secondary N) is 1. The Kier molecular flexibility index (Phi) is 1.79. The summed E-state index contributed by atoms with van der Waals surface area (Å²) in [6, 6.07) is 9.41. The lowest BCUT2D eigenvalue weighted by Gasteiger charge is -2.02. The van der Waals surface area contributed by atoms with Gasteiger partial charge in [-0.25, -0.2) is 4.98 Å². The first kappa shape index (κ1) is 8.78. The van der Waals surface area contributed by atoms with Gasteiger partial charge in [0.1, 0.15) is 5.69 Å². The quantitative estimate of drug-likeness (QED) is 0.627. The first-order valence-corrected chi connectivity index (χ1v) is 4.74. The number of nitrogens with two attached hydrogens (primary N) is 1. The second-order valence-corrected chi connectivity index (χ2v) is 3.35. The van der Waals surface area contributed by atoms with Crippen LogP contribution in [0.1, 0.15) is 0 Å². The Morgan fingerprint density at radius 2 is 2.06 bits per heavy atom. The highest BCUT2D eigenvalue weighted by molar-refractivity contribution is 5.91. The van der Waals surface area contributed by atoms with Crippen molar-refractivity contribution in [1.29, 1.82) is 0 Å². The number of H-pyrrole nitrogens is 1. The van der Waals surface area contributed by atoms with Gasteiger partial charge in [-0.1, -0.05) is 18.2 Å². The summed E-state index contributed by atoms with van der Waals surface area (Å²) in [7, 11) is 0. The third-order valence-electron chi connectivity index (χ3n) is 2.32. The standard InChI is InChI=1S/C10H8N6/c11-7-5-9(10-13-15-16-14-10)12-8-4-2-1-3-6(7)8/h1-5H,(H2,11,12)(H,13,14,15,16). The van der Waals surface area contributed by atoms with Crippen molar-refractivity contribution in [3.05, 3.63) is 30.3 Å². The minimum Gasteiger partial charge on any atom is -0.398 e. The number of aromatic amines is 1. The number of aromatic nitrogens is 5. The summed E-state index contributed by atoms with van der Waals surface area (Å²) >= 11 is 0. The molecule has 16 heavy (non-hydrogen) atoms. The maximum atomic E-state index is 5.94. The molecule has 2 aromatic heterocycles. The van der Waals surface area contributed by atoms with Crippen LogP contribution in [0.4, 0.5) is 5.69 Å². The molecule has 0 aliphatic rings. The van der Waals surface area contributed by atoms with Crippen LogP contribution in [0.3, 0.4) is 0 Å². The Morgan fingerprint density at radius 1 is 1.19 bits per heavy atom. The van der Waals surface area contributed by atoms with Gasteiger partial charge in [-0.3, -0.25) is 0 Å². The lowest BCUT2D eigenvalue weighted by molar-refractivity contribution is 0.881. The average Bonchev–Trinajstić information content (AvgIpc) is 2.82. The zero-order chi connectivity index (χ0) is 11.0. The molecule has 3 rings (SSSR count). The molecule has 1 aromatic carbocycles. The van der Waals surface area contributed by atoms with Crippen molar-refractivity contribution >= 4 is 16.6 Å². The zero-order valence-corrected chi connectivity index (χ0v) is 8.25. The molecular formula is C10H8N6. The predicted molar refractivity (Wildman–Crippen MR) is 59.3 cm³/mol. The van der Waals surface area contributed by atoms with Gasteiger partial charge in [-0.05, 0) is 17.3 Å². The van der Waals surface area contributed by atoms with Gasteiger partial charge < -0.3 is 5.73 Å². The summed E-state index contributed by atoms with van der Waals surface area (Å²) in [5.74, 6) is 0.442. The van der Waals surface area contributed by atoms with E-state index in [2.05, 4.69) is 25.6 Å². The molecule has 0 spiro atoms. The fraction of sp³-hybridized carbons (Fsp3) is 0. The van der Waals surface area contributed by atoms with Crippen LogP contribution in [0.15, 0.2) is 30.3 Å². The van der Waals surface area contributed by atoms with Crippen LogP contribution in [-0.2, 0) is 0 Å². The molecule has 0 unspecified atom stereocenters.